The largest absolute Gasteiger partial charge is 0.462 e. The molecule has 0 saturated heterocycles. The van der Waals surface area contributed by atoms with Gasteiger partial charge in [-0.05, 0) is 100 Å². The lowest BCUT2D eigenvalue weighted by Crippen LogP contribution is -2.36. The zero-order valence-corrected chi connectivity index (χ0v) is 19.4. The summed E-state index contributed by atoms with van der Waals surface area (Å²) in [4.78, 5) is 12.7. The highest BCUT2D eigenvalue weighted by Crippen LogP contribution is 2.49. The van der Waals surface area contributed by atoms with E-state index in [9.17, 15) is 9.18 Å². The number of ether oxygens (including phenoxy) is 1. The third-order valence-electron chi connectivity index (χ3n) is 9.40. The van der Waals surface area contributed by atoms with Crippen LogP contribution in [0.5, 0.6) is 0 Å². The lowest BCUT2D eigenvalue weighted by molar-refractivity contribution is -0.158. The van der Waals surface area contributed by atoms with Crippen molar-refractivity contribution in [1.82, 2.24) is 0 Å². The minimum Gasteiger partial charge on any atom is -0.462 e. The summed E-state index contributed by atoms with van der Waals surface area (Å²) in [6.07, 6.45) is 15.5. The normalized spacial score (nSPS) is 43.5. The van der Waals surface area contributed by atoms with Gasteiger partial charge < -0.3 is 4.74 Å². The Hall–Kier alpha value is -1.11. The second kappa shape index (κ2) is 10.7. The monoisotopic (exact) mass is 431 g/mol. The zero-order valence-electron chi connectivity index (χ0n) is 19.4. The maximum atomic E-state index is 14.0. The van der Waals surface area contributed by atoms with Gasteiger partial charge in [0.05, 0.1) is 17.9 Å². The first-order valence-corrected chi connectivity index (χ1v) is 13.3. The number of hydrogen-bond acceptors (Lipinski definition) is 3. The smallest absolute Gasteiger partial charge is 0.309 e. The fourth-order valence-corrected chi connectivity index (χ4v) is 7.54. The van der Waals surface area contributed by atoms with E-state index in [0.717, 1.165) is 55.3 Å². The van der Waals surface area contributed by atoms with Crippen molar-refractivity contribution in [2.45, 2.75) is 116 Å². The van der Waals surface area contributed by atoms with Crippen LogP contribution in [0.3, 0.4) is 0 Å². The van der Waals surface area contributed by atoms with Crippen molar-refractivity contribution in [2.75, 3.05) is 0 Å². The minimum absolute atomic E-state index is 0.00354. The molecule has 4 rings (SSSR count). The molecule has 4 aliphatic carbocycles. The third kappa shape index (κ3) is 5.63. The standard InChI is InChI=1S/C27H42FNO2/c1-2-3-18-4-5-23-15-22(11-10-21(23)14-18)19-6-8-20(9-7-19)27(30)31-25-13-12-24(17-29)26(28)16-25/h18-26H,2-16H2,1H3. The Labute approximate surface area is 188 Å². The average molecular weight is 432 g/mol. The molecule has 0 bridgehead atoms. The number of nitriles is 1. The van der Waals surface area contributed by atoms with E-state index in [2.05, 4.69) is 6.92 Å². The molecule has 174 valence electrons. The Morgan fingerprint density at radius 1 is 0.871 bits per heavy atom. The Kier molecular flexibility index (Phi) is 7.94. The lowest BCUT2D eigenvalue weighted by Gasteiger charge is -2.45. The van der Waals surface area contributed by atoms with Gasteiger partial charge in [-0.25, -0.2) is 4.39 Å². The molecule has 31 heavy (non-hydrogen) atoms. The summed E-state index contributed by atoms with van der Waals surface area (Å²) in [6.45, 7) is 2.33. The van der Waals surface area contributed by atoms with Gasteiger partial charge in [-0.3, -0.25) is 4.79 Å². The number of alkyl halides is 1. The van der Waals surface area contributed by atoms with Crippen LogP contribution in [0.25, 0.3) is 0 Å². The van der Waals surface area contributed by atoms with Gasteiger partial charge in [0.25, 0.3) is 0 Å². The van der Waals surface area contributed by atoms with Gasteiger partial charge in [-0.1, -0.05) is 26.2 Å². The molecule has 7 atom stereocenters. The maximum Gasteiger partial charge on any atom is 0.309 e. The summed E-state index contributed by atoms with van der Waals surface area (Å²) in [6, 6.07) is 2.04. The second-order valence-corrected chi connectivity index (χ2v) is 11.3. The molecule has 0 heterocycles. The number of nitrogens with zero attached hydrogens (tertiary/aromatic N) is 1. The average Bonchev–Trinajstić information content (AvgIpc) is 2.79. The van der Waals surface area contributed by atoms with E-state index < -0.39 is 12.1 Å². The van der Waals surface area contributed by atoms with E-state index in [1.807, 2.05) is 6.07 Å². The van der Waals surface area contributed by atoms with Crippen LogP contribution in [0.1, 0.15) is 103 Å². The SMILES string of the molecule is CCCC1CCC2CC(C3CCC(C(=O)OC4CCC(C#N)C(F)C4)CC3)CCC2C1. The van der Waals surface area contributed by atoms with Crippen molar-refractivity contribution >= 4 is 5.97 Å². The predicted molar refractivity (Wildman–Crippen MR) is 120 cm³/mol. The molecule has 0 aromatic rings. The molecule has 4 saturated carbocycles. The second-order valence-electron chi connectivity index (χ2n) is 11.3. The van der Waals surface area contributed by atoms with Crippen molar-refractivity contribution in [1.29, 1.82) is 5.26 Å². The molecular weight excluding hydrogens is 389 g/mol. The van der Waals surface area contributed by atoms with Crippen LogP contribution in [0.4, 0.5) is 4.39 Å². The van der Waals surface area contributed by atoms with Gasteiger partial charge in [0, 0.05) is 6.42 Å². The number of carbonyl (C=O) groups excluding carboxylic acids is 1. The van der Waals surface area contributed by atoms with Crippen LogP contribution < -0.4 is 0 Å². The molecule has 0 N–H and O–H groups in total. The molecule has 3 nitrogen and oxygen atoms in total. The van der Waals surface area contributed by atoms with Crippen molar-refractivity contribution in [3.05, 3.63) is 0 Å². The van der Waals surface area contributed by atoms with Crippen LogP contribution in [0.2, 0.25) is 0 Å². The Morgan fingerprint density at radius 3 is 2.19 bits per heavy atom. The van der Waals surface area contributed by atoms with Gasteiger partial charge in [0.15, 0.2) is 0 Å². The molecule has 4 heteroatoms. The van der Waals surface area contributed by atoms with E-state index in [4.69, 9.17) is 10.00 Å². The number of esters is 1. The number of fused-ring (bicyclic) bond motifs is 1. The van der Waals surface area contributed by atoms with Crippen LogP contribution >= 0.6 is 0 Å². The van der Waals surface area contributed by atoms with E-state index in [1.165, 1.54) is 51.4 Å². The number of halogens is 1. The Morgan fingerprint density at radius 2 is 1.52 bits per heavy atom. The van der Waals surface area contributed by atoms with Crippen molar-refractivity contribution < 1.29 is 13.9 Å². The van der Waals surface area contributed by atoms with Gasteiger partial charge in [-0.15, -0.1) is 0 Å². The van der Waals surface area contributed by atoms with E-state index >= 15 is 0 Å². The minimum atomic E-state index is -1.15. The Balaban J connectivity index is 1.19. The third-order valence-corrected chi connectivity index (χ3v) is 9.40. The van der Waals surface area contributed by atoms with Crippen molar-refractivity contribution in [3.8, 4) is 6.07 Å². The predicted octanol–water partition coefficient (Wildman–Crippen LogP) is 7.00. The first-order chi connectivity index (χ1) is 15.1. The number of rotatable bonds is 5. The van der Waals surface area contributed by atoms with Crippen LogP contribution in [-0.4, -0.2) is 18.2 Å². The molecule has 4 fully saturated rings. The van der Waals surface area contributed by atoms with Crippen LogP contribution in [0, 0.1) is 52.8 Å². The zero-order chi connectivity index (χ0) is 21.8. The summed E-state index contributed by atoms with van der Waals surface area (Å²) in [7, 11) is 0. The van der Waals surface area contributed by atoms with Crippen LogP contribution in [0.15, 0.2) is 0 Å². The fraction of sp³-hybridized carbons (Fsp3) is 0.926. The fourth-order valence-electron chi connectivity index (χ4n) is 7.54. The van der Waals surface area contributed by atoms with E-state index in [1.54, 1.807) is 0 Å². The van der Waals surface area contributed by atoms with E-state index in [-0.39, 0.29) is 24.4 Å². The topological polar surface area (TPSA) is 50.1 Å². The summed E-state index contributed by atoms with van der Waals surface area (Å²) in [5, 5.41) is 8.97. The highest BCUT2D eigenvalue weighted by atomic mass is 19.1. The highest BCUT2D eigenvalue weighted by Gasteiger charge is 2.40. The van der Waals surface area contributed by atoms with Gasteiger partial charge in [0.2, 0.25) is 0 Å². The molecular formula is C27H42FNO2. The van der Waals surface area contributed by atoms with Crippen LogP contribution in [-0.2, 0) is 9.53 Å². The summed E-state index contributed by atoms with van der Waals surface area (Å²) >= 11 is 0. The first kappa shape index (κ1) is 23.1. The quantitative estimate of drug-likeness (QED) is 0.440. The maximum absolute atomic E-state index is 14.0. The number of hydrogen-bond donors (Lipinski definition) is 0. The lowest BCUT2D eigenvalue weighted by atomic mass is 9.60. The summed E-state index contributed by atoms with van der Waals surface area (Å²) in [5.41, 5.74) is 0. The van der Waals surface area contributed by atoms with Crippen molar-refractivity contribution in [3.63, 3.8) is 0 Å². The molecule has 0 aliphatic heterocycles. The molecule has 0 amide bonds. The molecule has 0 aromatic heterocycles. The summed E-state index contributed by atoms with van der Waals surface area (Å²) in [5.74, 6) is 3.98. The molecule has 0 radical (unpaired) electrons. The van der Waals surface area contributed by atoms with Gasteiger partial charge >= 0.3 is 5.97 Å². The highest BCUT2D eigenvalue weighted by molar-refractivity contribution is 5.72. The first-order valence-electron chi connectivity index (χ1n) is 13.3. The summed E-state index contributed by atoms with van der Waals surface area (Å²) < 4.78 is 19.7. The Bertz CT molecular complexity index is 638. The molecule has 0 spiro atoms. The van der Waals surface area contributed by atoms with Gasteiger partial charge in [0.1, 0.15) is 12.3 Å². The molecule has 0 aromatic carbocycles. The molecule has 4 aliphatic rings. The van der Waals surface area contributed by atoms with Gasteiger partial charge in [-0.2, -0.15) is 5.26 Å². The molecule has 7 unspecified atom stereocenters. The number of carbonyl (C=O) groups is 1. The van der Waals surface area contributed by atoms with E-state index in [0.29, 0.717) is 12.8 Å². The van der Waals surface area contributed by atoms with Crippen molar-refractivity contribution in [2.24, 2.45) is 41.4 Å².